The van der Waals surface area contributed by atoms with Crippen molar-refractivity contribution >= 4 is 29.3 Å². The molecule has 4 nitrogen and oxygen atoms in total. The van der Waals surface area contributed by atoms with Crippen molar-refractivity contribution < 1.29 is 9.53 Å². The highest BCUT2D eigenvalue weighted by atomic mass is 35.5. The smallest absolute Gasteiger partial charge is 0.266 e. The van der Waals surface area contributed by atoms with Crippen LogP contribution in [0.4, 0.5) is 5.69 Å². The Morgan fingerprint density at radius 1 is 1.25 bits per heavy atom. The molecule has 1 N–H and O–H groups in total. The SMILES string of the molecule is COc1ccc(NC(=O)C(C#N)=CC=Cc2ccccc2)cc1Cl. The van der Waals surface area contributed by atoms with Crippen LogP contribution in [0.25, 0.3) is 6.08 Å². The van der Waals surface area contributed by atoms with Crippen LogP contribution in [0.15, 0.2) is 66.3 Å². The first-order valence-corrected chi connectivity index (χ1v) is 7.50. The standard InChI is InChI=1S/C19H15ClN2O2/c1-24-18-11-10-16(12-17(18)20)22-19(23)15(13-21)9-5-8-14-6-3-2-4-7-14/h2-12H,1H3,(H,22,23). The van der Waals surface area contributed by atoms with E-state index in [1.165, 1.54) is 13.2 Å². The molecule has 0 atom stereocenters. The predicted octanol–water partition coefficient (Wildman–Crippen LogP) is 4.45. The van der Waals surface area contributed by atoms with E-state index in [0.29, 0.717) is 16.5 Å². The molecule has 0 unspecified atom stereocenters. The van der Waals surface area contributed by atoms with Crippen molar-refractivity contribution in [2.75, 3.05) is 12.4 Å². The van der Waals surface area contributed by atoms with Gasteiger partial charge in [-0.25, -0.2) is 0 Å². The van der Waals surface area contributed by atoms with Crippen molar-refractivity contribution in [3.63, 3.8) is 0 Å². The molecule has 0 aliphatic carbocycles. The molecule has 0 aromatic heterocycles. The van der Waals surface area contributed by atoms with Gasteiger partial charge in [-0.2, -0.15) is 5.26 Å². The number of methoxy groups -OCH3 is 1. The number of nitrogens with zero attached hydrogens (tertiary/aromatic N) is 1. The summed E-state index contributed by atoms with van der Waals surface area (Å²) in [7, 11) is 1.51. The van der Waals surface area contributed by atoms with Gasteiger partial charge in [-0.05, 0) is 29.8 Å². The fourth-order valence-corrected chi connectivity index (χ4v) is 2.18. The van der Waals surface area contributed by atoms with E-state index >= 15 is 0 Å². The number of nitrogens with one attached hydrogen (secondary N) is 1. The van der Waals surface area contributed by atoms with Crippen LogP contribution in [0.3, 0.4) is 0 Å². The molecule has 0 spiro atoms. The first-order chi connectivity index (χ1) is 11.6. The van der Waals surface area contributed by atoms with E-state index < -0.39 is 5.91 Å². The summed E-state index contributed by atoms with van der Waals surface area (Å²) in [6.45, 7) is 0. The molecule has 0 fully saturated rings. The number of carbonyl (C=O) groups is 1. The van der Waals surface area contributed by atoms with Crippen LogP contribution in [0.5, 0.6) is 5.75 Å². The van der Waals surface area contributed by atoms with Gasteiger partial charge in [0, 0.05) is 5.69 Å². The summed E-state index contributed by atoms with van der Waals surface area (Å²) in [5, 5.41) is 12.2. The molecule has 0 saturated heterocycles. The maximum Gasteiger partial charge on any atom is 0.266 e. The van der Waals surface area contributed by atoms with Crippen molar-refractivity contribution in [3.05, 3.63) is 76.8 Å². The van der Waals surface area contributed by atoms with Crippen LogP contribution in [0.1, 0.15) is 5.56 Å². The van der Waals surface area contributed by atoms with Gasteiger partial charge in [0.05, 0.1) is 12.1 Å². The second kappa shape index (κ2) is 8.56. The van der Waals surface area contributed by atoms with E-state index in [0.717, 1.165) is 5.56 Å². The summed E-state index contributed by atoms with van der Waals surface area (Å²) < 4.78 is 5.05. The Balaban J connectivity index is 2.09. The molecular formula is C19H15ClN2O2. The minimum absolute atomic E-state index is 0.00544. The number of halogens is 1. The summed E-state index contributed by atoms with van der Waals surface area (Å²) >= 11 is 6.01. The Labute approximate surface area is 145 Å². The Morgan fingerprint density at radius 2 is 2.00 bits per heavy atom. The van der Waals surface area contributed by atoms with Crippen molar-refractivity contribution in [1.29, 1.82) is 5.26 Å². The van der Waals surface area contributed by atoms with Crippen LogP contribution < -0.4 is 10.1 Å². The fourth-order valence-electron chi connectivity index (χ4n) is 1.93. The quantitative estimate of drug-likeness (QED) is 0.497. The molecule has 2 rings (SSSR count). The zero-order valence-electron chi connectivity index (χ0n) is 13.0. The lowest BCUT2D eigenvalue weighted by Crippen LogP contribution is -2.13. The summed E-state index contributed by atoms with van der Waals surface area (Å²) in [6, 6.07) is 16.3. The number of amides is 1. The molecular weight excluding hydrogens is 324 g/mol. The molecule has 0 aliphatic rings. The first-order valence-electron chi connectivity index (χ1n) is 7.12. The summed E-state index contributed by atoms with van der Waals surface area (Å²) in [5.74, 6) is 0.00736. The molecule has 0 saturated carbocycles. The number of nitriles is 1. The topological polar surface area (TPSA) is 62.1 Å². The summed E-state index contributed by atoms with van der Waals surface area (Å²) in [6.07, 6.45) is 4.94. The molecule has 1 amide bonds. The van der Waals surface area contributed by atoms with Crippen LogP contribution in [0.2, 0.25) is 5.02 Å². The van der Waals surface area contributed by atoms with Crippen molar-refractivity contribution in [2.45, 2.75) is 0 Å². The highest BCUT2D eigenvalue weighted by Gasteiger charge is 2.09. The van der Waals surface area contributed by atoms with Gasteiger partial charge in [-0.3, -0.25) is 4.79 Å². The minimum Gasteiger partial charge on any atom is -0.495 e. The largest absolute Gasteiger partial charge is 0.495 e. The van der Waals surface area contributed by atoms with Gasteiger partial charge in [0.1, 0.15) is 17.4 Å². The number of allylic oxidation sites excluding steroid dienone is 2. The number of carbonyl (C=O) groups excluding carboxylic acids is 1. The number of hydrogen-bond acceptors (Lipinski definition) is 3. The van der Waals surface area contributed by atoms with Gasteiger partial charge in [0.15, 0.2) is 0 Å². The minimum atomic E-state index is -0.503. The molecule has 120 valence electrons. The third-order valence-corrected chi connectivity index (χ3v) is 3.42. The van der Waals surface area contributed by atoms with Gasteiger partial charge in [-0.15, -0.1) is 0 Å². The highest BCUT2D eigenvalue weighted by molar-refractivity contribution is 6.32. The first kappa shape index (κ1) is 17.3. The van der Waals surface area contributed by atoms with E-state index in [2.05, 4.69) is 5.32 Å². The Bertz CT molecular complexity index is 821. The van der Waals surface area contributed by atoms with Crippen molar-refractivity contribution in [1.82, 2.24) is 0 Å². The van der Waals surface area contributed by atoms with Crippen LogP contribution >= 0.6 is 11.6 Å². The summed E-state index contributed by atoms with van der Waals surface area (Å²) in [4.78, 5) is 12.1. The monoisotopic (exact) mass is 338 g/mol. The van der Waals surface area contributed by atoms with E-state index in [4.69, 9.17) is 21.6 Å². The normalized spacial score (nSPS) is 11.1. The van der Waals surface area contributed by atoms with E-state index in [-0.39, 0.29) is 5.57 Å². The van der Waals surface area contributed by atoms with Crippen LogP contribution in [-0.4, -0.2) is 13.0 Å². The van der Waals surface area contributed by atoms with E-state index in [1.807, 2.05) is 42.5 Å². The lowest BCUT2D eigenvalue weighted by Gasteiger charge is -2.07. The zero-order valence-corrected chi connectivity index (χ0v) is 13.7. The Kier molecular flexibility index (Phi) is 6.18. The van der Waals surface area contributed by atoms with E-state index in [9.17, 15) is 4.79 Å². The number of ether oxygens (including phenoxy) is 1. The maximum absolute atomic E-state index is 12.1. The molecule has 5 heteroatoms. The Morgan fingerprint density at radius 3 is 2.62 bits per heavy atom. The second-order valence-electron chi connectivity index (χ2n) is 4.77. The molecule has 2 aromatic rings. The van der Waals surface area contributed by atoms with Crippen LogP contribution in [-0.2, 0) is 4.79 Å². The average molecular weight is 339 g/mol. The maximum atomic E-state index is 12.1. The number of benzene rings is 2. The van der Waals surface area contributed by atoms with Gasteiger partial charge in [-0.1, -0.05) is 54.1 Å². The van der Waals surface area contributed by atoms with E-state index in [1.54, 1.807) is 24.3 Å². The second-order valence-corrected chi connectivity index (χ2v) is 5.17. The molecule has 0 heterocycles. The lowest BCUT2D eigenvalue weighted by molar-refractivity contribution is -0.112. The third-order valence-electron chi connectivity index (χ3n) is 3.13. The molecule has 24 heavy (non-hydrogen) atoms. The molecule has 0 aliphatic heterocycles. The van der Waals surface area contributed by atoms with Crippen LogP contribution in [0, 0.1) is 11.3 Å². The van der Waals surface area contributed by atoms with Gasteiger partial charge in [0.25, 0.3) is 5.91 Å². The zero-order chi connectivity index (χ0) is 17.4. The Hall–Kier alpha value is -3.03. The average Bonchev–Trinajstić information content (AvgIpc) is 2.59. The fraction of sp³-hybridized carbons (Fsp3) is 0.0526. The number of rotatable bonds is 5. The molecule has 0 bridgehead atoms. The number of hydrogen-bond donors (Lipinski definition) is 1. The third kappa shape index (κ3) is 4.73. The van der Waals surface area contributed by atoms with Crippen molar-refractivity contribution in [3.8, 4) is 11.8 Å². The van der Waals surface area contributed by atoms with Gasteiger partial charge >= 0.3 is 0 Å². The lowest BCUT2D eigenvalue weighted by atomic mass is 10.2. The van der Waals surface area contributed by atoms with Gasteiger partial charge < -0.3 is 10.1 Å². The number of anilines is 1. The molecule has 0 radical (unpaired) electrons. The summed E-state index contributed by atoms with van der Waals surface area (Å²) in [5.41, 5.74) is 1.46. The highest BCUT2D eigenvalue weighted by Crippen LogP contribution is 2.27. The predicted molar refractivity (Wildman–Crippen MR) is 95.8 cm³/mol. The molecule has 2 aromatic carbocycles. The van der Waals surface area contributed by atoms with Crippen molar-refractivity contribution in [2.24, 2.45) is 0 Å². The van der Waals surface area contributed by atoms with Gasteiger partial charge in [0.2, 0.25) is 0 Å².